The second kappa shape index (κ2) is 9.84. The molecule has 3 rings (SSSR count). The smallest absolute Gasteiger partial charge is 0.336 e. The van der Waals surface area contributed by atoms with Crippen molar-refractivity contribution in [3.63, 3.8) is 0 Å². The molecule has 1 unspecified atom stereocenters. The van der Waals surface area contributed by atoms with Crippen LogP contribution in [0.1, 0.15) is 22.3 Å². The molecule has 1 aromatic heterocycles. The van der Waals surface area contributed by atoms with Crippen LogP contribution in [0.25, 0.3) is 11.3 Å². The molecule has 0 aliphatic carbocycles. The number of aliphatic hydroxyl groups is 1. The first kappa shape index (κ1) is 21.3. The number of hydrogen-bond donors (Lipinski definition) is 2. The molecule has 0 spiro atoms. The number of aryl methyl sites for hydroxylation is 2. The molecule has 30 heavy (non-hydrogen) atoms. The third-order valence-electron chi connectivity index (χ3n) is 4.85. The number of esters is 1. The predicted octanol–water partition coefficient (Wildman–Crippen LogP) is 2.35. The predicted molar refractivity (Wildman–Crippen MR) is 113 cm³/mol. The average Bonchev–Trinajstić information content (AvgIpc) is 3.18. The number of aliphatic hydroxyl groups excluding tert-OH is 1. The van der Waals surface area contributed by atoms with Gasteiger partial charge in [-0.25, -0.2) is 4.79 Å². The number of nitrogens with one attached hydrogen (secondary N) is 1. The zero-order valence-electron chi connectivity index (χ0n) is 17.0. The van der Waals surface area contributed by atoms with E-state index in [0.717, 1.165) is 11.1 Å². The lowest BCUT2D eigenvalue weighted by molar-refractivity contribution is -0.151. The topological polar surface area (TPSA) is 93.5 Å². The Morgan fingerprint density at radius 2 is 1.73 bits per heavy atom. The molecule has 0 aliphatic heterocycles. The highest BCUT2D eigenvalue weighted by molar-refractivity contribution is 6.00. The lowest BCUT2D eigenvalue weighted by Crippen LogP contribution is -2.47. The zero-order valence-corrected chi connectivity index (χ0v) is 17.0. The fourth-order valence-electron chi connectivity index (χ4n) is 3.27. The Hall–Kier alpha value is -3.45. The number of rotatable bonds is 8. The number of amides is 1. The number of aromatic nitrogens is 2. The van der Waals surface area contributed by atoms with Crippen LogP contribution in [-0.2, 0) is 23.0 Å². The highest BCUT2D eigenvalue weighted by atomic mass is 16.5. The molecule has 0 aliphatic rings. The Morgan fingerprint density at radius 1 is 1.10 bits per heavy atom. The van der Waals surface area contributed by atoms with Crippen molar-refractivity contribution in [2.45, 2.75) is 25.0 Å². The molecular formula is C23H25N3O4. The maximum Gasteiger partial charge on any atom is 0.336 e. The molecule has 3 aromatic rings. The summed E-state index contributed by atoms with van der Waals surface area (Å²) in [6.45, 7) is 0. The van der Waals surface area contributed by atoms with E-state index >= 15 is 0 Å². The van der Waals surface area contributed by atoms with Crippen LogP contribution >= 0.6 is 0 Å². The van der Waals surface area contributed by atoms with Crippen molar-refractivity contribution in [2.24, 2.45) is 7.05 Å². The van der Waals surface area contributed by atoms with Gasteiger partial charge in [-0.2, -0.15) is 5.10 Å². The van der Waals surface area contributed by atoms with Gasteiger partial charge >= 0.3 is 5.97 Å². The van der Waals surface area contributed by atoms with E-state index in [9.17, 15) is 14.7 Å². The van der Waals surface area contributed by atoms with Crippen molar-refractivity contribution >= 4 is 11.9 Å². The highest BCUT2D eigenvalue weighted by Gasteiger charge is 2.29. The highest BCUT2D eigenvalue weighted by Crippen LogP contribution is 2.22. The van der Waals surface area contributed by atoms with Gasteiger partial charge in [0.05, 0.1) is 18.7 Å². The van der Waals surface area contributed by atoms with Crippen molar-refractivity contribution in [1.82, 2.24) is 15.1 Å². The quantitative estimate of drug-likeness (QED) is 0.559. The largest absolute Gasteiger partial charge is 0.467 e. The second-order valence-corrected chi connectivity index (χ2v) is 7.00. The number of hydrogen-bond acceptors (Lipinski definition) is 5. The van der Waals surface area contributed by atoms with E-state index in [1.54, 1.807) is 17.9 Å². The summed E-state index contributed by atoms with van der Waals surface area (Å²) in [4.78, 5) is 25.0. The number of carbonyl (C=O) groups is 2. The summed E-state index contributed by atoms with van der Waals surface area (Å²) in [6.07, 6.45) is 1.10. The molecule has 0 fully saturated rings. The molecule has 1 heterocycles. The first-order chi connectivity index (χ1) is 14.5. The standard InChI is InChI=1S/C23H25N3O4/c1-26-15-18(20(25-26)17-11-7-4-8-12-17)22(28)24-19(21(27)23(29)30-2)14-13-16-9-5-3-6-10-16/h3-12,15,19,21,27H,13-14H2,1-2H3,(H,24,28)/t19-,21?/m0/s1. The lowest BCUT2D eigenvalue weighted by atomic mass is 10.00. The molecular weight excluding hydrogens is 382 g/mol. The summed E-state index contributed by atoms with van der Waals surface area (Å²) in [7, 11) is 2.94. The van der Waals surface area contributed by atoms with Gasteiger partial charge in [0.15, 0.2) is 6.10 Å². The Balaban J connectivity index is 1.82. The van der Waals surface area contributed by atoms with Crippen molar-refractivity contribution in [1.29, 1.82) is 0 Å². The number of benzene rings is 2. The van der Waals surface area contributed by atoms with E-state index in [0.29, 0.717) is 24.1 Å². The summed E-state index contributed by atoms with van der Waals surface area (Å²) >= 11 is 0. The second-order valence-electron chi connectivity index (χ2n) is 7.00. The third-order valence-corrected chi connectivity index (χ3v) is 4.85. The van der Waals surface area contributed by atoms with Gasteiger partial charge in [0.2, 0.25) is 0 Å². The molecule has 1 amide bonds. The molecule has 0 radical (unpaired) electrons. The van der Waals surface area contributed by atoms with Gasteiger partial charge in [-0.15, -0.1) is 0 Å². The molecule has 0 saturated heterocycles. The van der Waals surface area contributed by atoms with Crippen LogP contribution < -0.4 is 5.32 Å². The van der Waals surface area contributed by atoms with Gasteiger partial charge in [-0.05, 0) is 18.4 Å². The van der Waals surface area contributed by atoms with E-state index in [2.05, 4.69) is 15.2 Å². The minimum absolute atomic E-state index is 0.366. The number of methoxy groups -OCH3 is 1. The minimum Gasteiger partial charge on any atom is -0.467 e. The number of carbonyl (C=O) groups excluding carboxylic acids is 2. The number of ether oxygens (including phenoxy) is 1. The molecule has 7 heteroatoms. The lowest BCUT2D eigenvalue weighted by Gasteiger charge is -2.22. The van der Waals surface area contributed by atoms with E-state index < -0.39 is 24.0 Å². The van der Waals surface area contributed by atoms with Gasteiger partial charge in [0.1, 0.15) is 5.69 Å². The first-order valence-corrected chi connectivity index (χ1v) is 9.69. The molecule has 2 N–H and O–H groups in total. The van der Waals surface area contributed by atoms with Crippen LogP contribution in [0.4, 0.5) is 0 Å². The molecule has 156 valence electrons. The SMILES string of the molecule is COC(=O)C(O)[C@H](CCc1ccccc1)NC(=O)c1cn(C)nc1-c1ccccc1. The maximum atomic E-state index is 13.1. The Morgan fingerprint density at radius 3 is 2.37 bits per heavy atom. The van der Waals surface area contributed by atoms with Gasteiger partial charge in [0.25, 0.3) is 5.91 Å². The number of nitrogens with zero attached hydrogens (tertiary/aromatic N) is 2. The fraction of sp³-hybridized carbons (Fsp3) is 0.261. The van der Waals surface area contributed by atoms with E-state index in [-0.39, 0.29) is 0 Å². The summed E-state index contributed by atoms with van der Waals surface area (Å²) in [5.41, 5.74) is 2.74. The summed E-state index contributed by atoms with van der Waals surface area (Å²) < 4.78 is 6.24. The van der Waals surface area contributed by atoms with E-state index in [1.807, 2.05) is 60.7 Å². The Bertz CT molecular complexity index is 986. The summed E-state index contributed by atoms with van der Waals surface area (Å²) in [6, 6.07) is 18.2. The van der Waals surface area contributed by atoms with Crippen LogP contribution in [0.2, 0.25) is 0 Å². The van der Waals surface area contributed by atoms with Gasteiger partial charge in [-0.3, -0.25) is 9.48 Å². The Kier molecular flexibility index (Phi) is 6.98. The van der Waals surface area contributed by atoms with Crippen molar-refractivity contribution in [2.75, 3.05) is 7.11 Å². The fourth-order valence-corrected chi connectivity index (χ4v) is 3.27. The molecule has 7 nitrogen and oxygen atoms in total. The van der Waals surface area contributed by atoms with Gasteiger partial charge in [0, 0.05) is 18.8 Å². The summed E-state index contributed by atoms with van der Waals surface area (Å²) in [5, 5.41) is 17.6. The maximum absolute atomic E-state index is 13.1. The van der Waals surface area contributed by atoms with Crippen LogP contribution in [-0.4, -0.2) is 46.0 Å². The Labute approximate surface area is 175 Å². The third kappa shape index (κ3) is 5.12. The molecule has 2 aromatic carbocycles. The van der Waals surface area contributed by atoms with Crippen LogP contribution in [0.15, 0.2) is 66.9 Å². The van der Waals surface area contributed by atoms with Gasteiger partial charge in [-0.1, -0.05) is 60.7 Å². The van der Waals surface area contributed by atoms with Crippen LogP contribution in [0.3, 0.4) is 0 Å². The van der Waals surface area contributed by atoms with E-state index in [4.69, 9.17) is 0 Å². The molecule has 0 bridgehead atoms. The van der Waals surface area contributed by atoms with Crippen molar-refractivity contribution < 1.29 is 19.4 Å². The van der Waals surface area contributed by atoms with Crippen molar-refractivity contribution in [3.8, 4) is 11.3 Å². The minimum atomic E-state index is -1.47. The normalized spacial score (nSPS) is 12.8. The van der Waals surface area contributed by atoms with E-state index in [1.165, 1.54) is 7.11 Å². The van der Waals surface area contributed by atoms with Crippen LogP contribution in [0, 0.1) is 0 Å². The summed E-state index contributed by atoms with van der Waals surface area (Å²) in [5.74, 6) is -1.20. The average molecular weight is 407 g/mol. The van der Waals surface area contributed by atoms with Gasteiger partial charge < -0.3 is 15.2 Å². The van der Waals surface area contributed by atoms with Crippen molar-refractivity contribution in [3.05, 3.63) is 78.0 Å². The zero-order chi connectivity index (χ0) is 21.5. The van der Waals surface area contributed by atoms with Crippen LogP contribution in [0.5, 0.6) is 0 Å². The molecule has 2 atom stereocenters. The molecule has 0 saturated carbocycles. The first-order valence-electron chi connectivity index (χ1n) is 9.69. The monoisotopic (exact) mass is 407 g/mol.